The van der Waals surface area contributed by atoms with Crippen LogP contribution in [0.3, 0.4) is 0 Å². The van der Waals surface area contributed by atoms with Crippen LogP contribution in [0, 0.1) is 0 Å². The number of ether oxygens (including phenoxy) is 1. The summed E-state index contributed by atoms with van der Waals surface area (Å²) in [5, 5.41) is 7.69. The second-order valence-electron chi connectivity index (χ2n) is 4.25. The summed E-state index contributed by atoms with van der Waals surface area (Å²) in [5.41, 5.74) is 1.29. The number of nitrogens with one attached hydrogen (secondary N) is 1. The first kappa shape index (κ1) is 10.2. The first-order chi connectivity index (χ1) is 8.36. The fourth-order valence-corrected chi connectivity index (χ4v) is 2.25. The van der Waals surface area contributed by atoms with Gasteiger partial charge in [0, 0.05) is 18.5 Å². The zero-order valence-corrected chi connectivity index (χ0v) is 9.76. The van der Waals surface area contributed by atoms with E-state index >= 15 is 0 Å². The van der Waals surface area contributed by atoms with Gasteiger partial charge in [0.25, 0.3) is 0 Å². The van der Waals surface area contributed by atoms with Crippen molar-refractivity contribution in [3.63, 3.8) is 0 Å². The molecule has 0 bridgehead atoms. The van der Waals surface area contributed by atoms with E-state index in [1.165, 1.54) is 5.56 Å². The highest BCUT2D eigenvalue weighted by Crippen LogP contribution is 2.26. The molecule has 1 aliphatic heterocycles. The number of fused-ring (bicyclic) bond motifs is 1. The van der Waals surface area contributed by atoms with E-state index < -0.39 is 0 Å². The van der Waals surface area contributed by atoms with Gasteiger partial charge in [0.2, 0.25) is 0 Å². The van der Waals surface area contributed by atoms with Gasteiger partial charge in [-0.3, -0.25) is 0 Å². The SMILES string of the molecule is COc1cccc(C2CNc3ccnn3C2)c1. The maximum atomic E-state index is 5.26. The number of hydrogen-bond donors (Lipinski definition) is 1. The molecule has 3 rings (SSSR count). The Morgan fingerprint density at radius 1 is 1.41 bits per heavy atom. The Morgan fingerprint density at radius 3 is 3.24 bits per heavy atom. The minimum Gasteiger partial charge on any atom is -0.497 e. The lowest BCUT2D eigenvalue weighted by Crippen LogP contribution is -2.26. The van der Waals surface area contributed by atoms with Crippen molar-refractivity contribution in [3.05, 3.63) is 42.1 Å². The molecule has 0 radical (unpaired) electrons. The van der Waals surface area contributed by atoms with Gasteiger partial charge < -0.3 is 10.1 Å². The largest absolute Gasteiger partial charge is 0.497 e. The van der Waals surface area contributed by atoms with Crippen molar-refractivity contribution >= 4 is 5.82 Å². The molecule has 4 nitrogen and oxygen atoms in total. The summed E-state index contributed by atoms with van der Waals surface area (Å²) in [5.74, 6) is 2.45. The Balaban J connectivity index is 1.86. The molecule has 1 N–H and O–H groups in total. The van der Waals surface area contributed by atoms with Crippen LogP contribution in [0.1, 0.15) is 11.5 Å². The maximum absolute atomic E-state index is 5.26. The van der Waals surface area contributed by atoms with Crippen LogP contribution in [0.4, 0.5) is 5.82 Å². The molecular formula is C13H15N3O. The van der Waals surface area contributed by atoms with E-state index in [9.17, 15) is 0 Å². The standard InChI is InChI=1S/C13H15N3O/c1-17-12-4-2-3-10(7-12)11-8-14-13-5-6-15-16(13)9-11/h2-7,11,14H,8-9H2,1H3. The monoisotopic (exact) mass is 229 g/mol. The Morgan fingerprint density at radius 2 is 2.35 bits per heavy atom. The summed E-state index contributed by atoms with van der Waals surface area (Å²) in [7, 11) is 1.70. The van der Waals surface area contributed by atoms with Crippen molar-refractivity contribution in [2.45, 2.75) is 12.5 Å². The third-order valence-electron chi connectivity index (χ3n) is 3.20. The molecular weight excluding hydrogens is 214 g/mol. The first-order valence-electron chi connectivity index (χ1n) is 5.76. The van der Waals surface area contributed by atoms with Gasteiger partial charge in [-0.15, -0.1) is 0 Å². The number of aromatic nitrogens is 2. The topological polar surface area (TPSA) is 39.1 Å². The fourth-order valence-electron chi connectivity index (χ4n) is 2.25. The van der Waals surface area contributed by atoms with Crippen molar-refractivity contribution in [1.29, 1.82) is 0 Å². The average molecular weight is 229 g/mol. The number of benzene rings is 1. The molecule has 88 valence electrons. The molecule has 0 saturated carbocycles. The predicted octanol–water partition coefficient (Wildman–Crippen LogP) is 2.10. The van der Waals surface area contributed by atoms with E-state index in [0.717, 1.165) is 24.7 Å². The van der Waals surface area contributed by atoms with Gasteiger partial charge in [-0.1, -0.05) is 12.1 Å². The molecule has 1 aliphatic rings. The van der Waals surface area contributed by atoms with Gasteiger partial charge in [0.1, 0.15) is 11.6 Å². The van der Waals surface area contributed by atoms with E-state index in [-0.39, 0.29) is 0 Å². The van der Waals surface area contributed by atoms with Crippen molar-refractivity contribution in [1.82, 2.24) is 9.78 Å². The van der Waals surface area contributed by atoms with Crippen molar-refractivity contribution in [2.75, 3.05) is 19.0 Å². The highest BCUT2D eigenvalue weighted by Gasteiger charge is 2.19. The van der Waals surface area contributed by atoms with Crippen molar-refractivity contribution in [2.24, 2.45) is 0 Å². The van der Waals surface area contributed by atoms with Gasteiger partial charge in [0.05, 0.1) is 19.9 Å². The average Bonchev–Trinajstić information content (AvgIpc) is 2.86. The molecule has 1 aromatic heterocycles. The Labute approximate surface area is 100 Å². The Bertz CT molecular complexity index is 521. The van der Waals surface area contributed by atoms with Gasteiger partial charge >= 0.3 is 0 Å². The van der Waals surface area contributed by atoms with Crippen LogP contribution in [0.5, 0.6) is 5.75 Å². The van der Waals surface area contributed by atoms with Crippen molar-refractivity contribution in [3.8, 4) is 5.75 Å². The van der Waals surface area contributed by atoms with E-state index in [4.69, 9.17) is 4.74 Å². The summed E-state index contributed by atoms with van der Waals surface area (Å²) in [6.07, 6.45) is 1.83. The van der Waals surface area contributed by atoms with E-state index in [2.05, 4.69) is 22.5 Å². The van der Waals surface area contributed by atoms with Crippen LogP contribution < -0.4 is 10.1 Å². The first-order valence-corrected chi connectivity index (χ1v) is 5.76. The molecule has 17 heavy (non-hydrogen) atoms. The molecule has 0 amide bonds. The summed E-state index contributed by atoms with van der Waals surface area (Å²) >= 11 is 0. The van der Waals surface area contributed by atoms with Crippen LogP contribution in [-0.2, 0) is 6.54 Å². The molecule has 2 aromatic rings. The van der Waals surface area contributed by atoms with Crippen LogP contribution in [0.2, 0.25) is 0 Å². The second-order valence-corrected chi connectivity index (χ2v) is 4.25. The molecule has 1 aromatic carbocycles. The number of anilines is 1. The molecule has 4 heteroatoms. The number of hydrogen-bond acceptors (Lipinski definition) is 3. The quantitative estimate of drug-likeness (QED) is 0.857. The Hall–Kier alpha value is -1.97. The Kier molecular flexibility index (Phi) is 2.48. The lowest BCUT2D eigenvalue weighted by Gasteiger charge is -2.25. The minimum absolute atomic E-state index is 0.442. The van der Waals surface area contributed by atoms with Crippen LogP contribution in [-0.4, -0.2) is 23.4 Å². The van der Waals surface area contributed by atoms with E-state index in [0.29, 0.717) is 5.92 Å². The molecule has 0 saturated heterocycles. The highest BCUT2D eigenvalue weighted by molar-refractivity contribution is 5.39. The lowest BCUT2D eigenvalue weighted by molar-refractivity contribution is 0.413. The number of nitrogens with zero attached hydrogens (tertiary/aromatic N) is 2. The zero-order valence-electron chi connectivity index (χ0n) is 9.76. The summed E-state index contributed by atoms with van der Waals surface area (Å²) in [6.45, 7) is 1.86. The lowest BCUT2D eigenvalue weighted by atomic mass is 9.97. The van der Waals surface area contributed by atoms with Crippen LogP contribution in [0.25, 0.3) is 0 Å². The summed E-state index contributed by atoms with van der Waals surface area (Å²) < 4.78 is 7.26. The van der Waals surface area contributed by atoms with Gasteiger partial charge in [0.15, 0.2) is 0 Å². The fraction of sp³-hybridized carbons (Fsp3) is 0.308. The number of rotatable bonds is 2. The molecule has 2 heterocycles. The third kappa shape index (κ3) is 1.86. The molecule has 1 unspecified atom stereocenters. The highest BCUT2D eigenvalue weighted by atomic mass is 16.5. The van der Waals surface area contributed by atoms with Gasteiger partial charge in [-0.05, 0) is 17.7 Å². The maximum Gasteiger partial charge on any atom is 0.124 e. The van der Waals surface area contributed by atoms with Crippen molar-refractivity contribution < 1.29 is 4.74 Å². The summed E-state index contributed by atoms with van der Waals surface area (Å²) in [4.78, 5) is 0. The minimum atomic E-state index is 0.442. The third-order valence-corrected chi connectivity index (χ3v) is 3.20. The molecule has 0 aliphatic carbocycles. The van der Waals surface area contributed by atoms with E-state index in [1.807, 2.05) is 29.1 Å². The normalized spacial score (nSPS) is 18.3. The van der Waals surface area contributed by atoms with Gasteiger partial charge in [-0.2, -0.15) is 5.10 Å². The predicted molar refractivity (Wildman–Crippen MR) is 66.5 cm³/mol. The second kappa shape index (κ2) is 4.13. The van der Waals surface area contributed by atoms with Crippen LogP contribution >= 0.6 is 0 Å². The van der Waals surface area contributed by atoms with Crippen LogP contribution in [0.15, 0.2) is 36.5 Å². The van der Waals surface area contributed by atoms with E-state index in [1.54, 1.807) is 7.11 Å². The zero-order chi connectivity index (χ0) is 11.7. The number of methoxy groups -OCH3 is 1. The van der Waals surface area contributed by atoms with Gasteiger partial charge in [-0.25, -0.2) is 4.68 Å². The summed E-state index contributed by atoms with van der Waals surface area (Å²) in [6, 6.07) is 10.2. The smallest absolute Gasteiger partial charge is 0.124 e. The molecule has 1 atom stereocenters. The molecule has 0 fully saturated rings. The molecule has 0 spiro atoms.